The molecule has 2 nitrogen and oxygen atoms in total. The van der Waals surface area contributed by atoms with Gasteiger partial charge in [0.1, 0.15) is 5.84 Å². The van der Waals surface area contributed by atoms with Crippen molar-refractivity contribution in [3.8, 4) is 0 Å². The number of nitrogens with zero attached hydrogens (tertiary/aromatic N) is 2. The maximum absolute atomic E-state index is 4.93. The molecule has 2 aliphatic rings. The Labute approximate surface area is 103 Å². The lowest BCUT2D eigenvalue weighted by atomic mass is 10.00. The van der Waals surface area contributed by atoms with E-state index in [-0.39, 0.29) is 0 Å². The summed E-state index contributed by atoms with van der Waals surface area (Å²) in [6.45, 7) is 6.64. The molecule has 0 saturated carbocycles. The number of benzene rings is 1. The molecule has 0 spiro atoms. The number of amidine groups is 1. The topological polar surface area (TPSA) is 15.6 Å². The van der Waals surface area contributed by atoms with E-state index >= 15 is 0 Å². The second-order valence-electron chi connectivity index (χ2n) is 5.29. The normalized spacial score (nSPS) is 19.2. The molecule has 2 heterocycles. The molecule has 2 aliphatic heterocycles. The van der Waals surface area contributed by atoms with Gasteiger partial charge >= 0.3 is 0 Å². The maximum Gasteiger partial charge on any atom is 0.105 e. The quantitative estimate of drug-likeness (QED) is 0.660. The zero-order valence-corrected chi connectivity index (χ0v) is 10.8. The highest BCUT2D eigenvalue weighted by Gasteiger charge is 2.23. The Morgan fingerprint density at radius 2 is 1.88 bits per heavy atom. The van der Waals surface area contributed by atoms with Gasteiger partial charge < -0.3 is 4.90 Å². The van der Waals surface area contributed by atoms with Gasteiger partial charge in [-0.05, 0) is 37.8 Å². The number of aryl methyl sites for hydroxylation is 2. The van der Waals surface area contributed by atoms with Gasteiger partial charge in [0.15, 0.2) is 0 Å². The highest BCUT2D eigenvalue weighted by molar-refractivity contribution is 5.88. The van der Waals surface area contributed by atoms with Gasteiger partial charge in [-0.3, -0.25) is 0 Å². The fraction of sp³-hybridized carbons (Fsp3) is 0.533. The SMILES string of the molecule is Cc1ccc(C)c2c1CN1CCCCCC1=N2. The van der Waals surface area contributed by atoms with Crippen molar-refractivity contribution in [2.75, 3.05) is 6.54 Å². The van der Waals surface area contributed by atoms with E-state index < -0.39 is 0 Å². The maximum atomic E-state index is 4.93. The van der Waals surface area contributed by atoms with Crippen LogP contribution in [-0.2, 0) is 6.54 Å². The molecular weight excluding hydrogens is 208 g/mol. The highest BCUT2D eigenvalue weighted by atomic mass is 15.2. The Balaban J connectivity index is 2.08. The van der Waals surface area contributed by atoms with Gasteiger partial charge in [-0.2, -0.15) is 0 Å². The van der Waals surface area contributed by atoms with E-state index in [4.69, 9.17) is 4.99 Å². The lowest BCUT2D eigenvalue weighted by molar-refractivity contribution is 0.402. The molecule has 0 aromatic heterocycles. The number of hydrogen-bond donors (Lipinski definition) is 0. The summed E-state index contributed by atoms with van der Waals surface area (Å²) in [5.74, 6) is 1.32. The fourth-order valence-corrected chi connectivity index (χ4v) is 2.88. The first kappa shape index (κ1) is 10.8. The average Bonchev–Trinajstić information content (AvgIpc) is 2.57. The van der Waals surface area contributed by atoms with E-state index in [9.17, 15) is 0 Å². The van der Waals surface area contributed by atoms with Crippen LogP contribution in [0, 0.1) is 13.8 Å². The van der Waals surface area contributed by atoms with Crippen LogP contribution in [0.5, 0.6) is 0 Å². The van der Waals surface area contributed by atoms with Crippen molar-refractivity contribution in [3.63, 3.8) is 0 Å². The molecule has 90 valence electrons. The Morgan fingerprint density at radius 1 is 1.06 bits per heavy atom. The van der Waals surface area contributed by atoms with Crippen LogP contribution in [0.1, 0.15) is 42.4 Å². The molecule has 17 heavy (non-hydrogen) atoms. The van der Waals surface area contributed by atoms with Crippen molar-refractivity contribution in [3.05, 3.63) is 28.8 Å². The molecule has 0 atom stereocenters. The molecule has 1 aromatic carbocycles. The van der Waals surface area contributed by atoms with Crippen molar-refractivity contribution in [2.45, 2.75) is 46.1 Å². The summed E-state index contributed by atoms with van der Waals surface area (Å²) in [4.78, 5) is 7.42. The minimum Gasteiger partial charge on any atom is -0.356 e. The molecular formula is C15H20N2. The zero-order valence-electron chi connectivity index (χ0n) is 10.8. The molecule has 1 aromatic rings. The van der Waals surface area contributed by atoms with E-state index in [1.807, 2.05) is 0 Å². The van der Waals surface area contributed by atoms with Gasteiger partial charge in [0.2, 0.25) is 0 Å². The molecule has 0 amide bonds. The number of rotatable bonds is 0. The lowest BCUT2D eigenvalue weighted by Gasteiger charge is -2.30. The van der Waals surface area contributed by atoms with Gasteiger partial charge in [0.25, 0.3) is 0 Å². The first-order valence-electron chi connectivity index (χ1n) is 6.67. The van der Waals surface area contributed by atoms with E-state index in [0.29, 0.717) is 0 Å². The zero-order chi connectivity index (χ0) is 11.8. The van der Waals surface area contributed by atoms with Gasteiger partial charge in [-0.1, -0.05) is 18.6 Å². The summed E-state index contributed by atoms with van der Waals surface area (Å²) in [7, 11) is 0. The van der Waals surface area contributed by atoms with Crippen LogP contribution in [0.3, 0.4) is 0 Å². The Kier molecular flexibility index (Phi) is 2.65. The summed E-state index contributed by atoms with van der Waals surface area (Å²) >= 11 is 0. The van der Waals surface area contributed by atoms with E-state index in [1.165, 1.54) is 54.0 Å². The first-order valence-corrected chi connectivity index (χ1v) is 6.67. The summed E-state index contributed by atoms with van der Waals surface area (Å²) in [5.41, 5.74) is 5.40. The van der Waals surface area contributed by atoms with Crippen LogP contribution < -0.4 is 0 Å². The molecule has 0 bridgehead atoms. The fourth-order valence-electron chi connectivity index (χ4n) is 2.88. The predicted molar refractivity (Wildman–Crippen MR) is 71.9 cm³/mol. The largest absolute Gasteiger partial charge is 0.356 e. The third kappa shape index (κ3) is 1.86. The molecule has 0 radical (unpaired) electrons. The van der Waals surface area contributed by atoms with Gasteiger partial charge in [0, 0.05) is 25.1 Å². The van der Waals surface area contributed by atoms with Crippen molar-refractivity contribution in [2.24, 2.45) is 4.99 Å². The van der Waals surface area contributed by atoms with Crippen LogP contribution in [0.4, 0.5) is 5.69 Å². The minimum absolute atomic E-state index is 1.07. The van der Waals surface area contributed by atoms with E-state index in [1.54, 1.807) is 0 Å². The monoisotopic (exact) mass is 228 g/mol. The first-order chi connectivity index (χ1) is 8.25. The summed E-state index contributed by atoms with van der Waals surface area (Å²) in [5, 5.41) is 0. The van der Waals surface area contributed by atoms with Gasteiger partial charge in [0.05, 0.1) is 5.69 Å². The Morgan fingerprint density at radius 3 is 2.76 bits per heavy atom. The third-order valence-electron chi connectivity index (χ3n) is 4.00. The smallest absolute Gasteiger partial charge is 0.105 e. The van der Waals surface area contributed by atoms with Crippen molar-refractivity contribution >= 4 is 11.5 Å². The van der Waals surface area contributed by atoms with E-state index in [0.717, 1.165) is 13.0 Å². The van der Waals surface area contributed by atoms with Crippen LogP contribution in [0.2, 0.25) is 0 Å². The summed E-state index contributed by atoms with van der Waals surface area (Å²) in [6.07, 6.45) is 5.13. The predicted octanol–water partition coefficient (Wildman–Crippen LogP) is 3.72. The molecule has 2 heteroatoms. The van der Waals surface area contributed by atoms with Crippen LogP contribution in [-0.4, -0.2) is 17.3 Å². The lowest BCUT2D eigenvalue weighted by Crippen LogP contribution is -2.32. The average molecular weight is 228 g/mol. The summed E-state index contributed by atoms with van der Waals surface area (Å²) in [6, 6.07) is 4.43. The minimum atomic E-state index is 1.07. The van der Waals surface area contributed by atoms with Crippen LogP contribution >= 0.6 is 0 Å². The second kappa shape index (κ2) is 4.17. The van der Waals surface area contributed by atoms with Crippen molar-refractivity contribution < 1.29 is 0 Å². The summed E-state index contributed by atoms with van der Waals surface area (Å²) < 4.78 is 0. The van der Waals surface area contributed by atoms with Crippen molar-refractivity contribution in [1.29, 1.82) is 0 Å². The Hall–Kier alpha value is -1.31. The molecule has 0 unspecified atom stereocenters. The van der Waals surface area contributed by atoms with Gasteiger partial charge in [-0.15, -0.1) is 0 Å². The number of hydrogen-bond acceptors (Lipinski definition) is 2. The number of fused-ring (bicyclic) bond motifs is 2. The van der Waals surface area contributed by atoms with Crippen molar-refractivity contribution in [1.82, 2.24) is 4.90 Å². The molecule has 1 fully saturated rings. The second-order valence-corrected chi connectivity index (χ2v) is 5.29. The Bertz CT molecular complexity index is 474. The molecule has 3 rings (SSSR count). The van der Waals surface area contributed by atoms with Crippen LogP contribution in [0.15, 0.2) is 17.1 Å². The van der Waals surface area contributed by atoms with Crippen LogP contribution in [0.25, 0.3) is 0 Å². The van der Waals surface area contributed by atoms with Gasteiger partial charge in [-0.25, -0.2) is 4.99 Å². The molecule has 0 N–H and O–H groups in total. The van der Waals surface area contributed by atoms with E-state index in [2.05, 4.69) is 30.9 Å². The standard InChI is InChI=1S/C15H20N2/c1-11-7-8-12(2)15-13(11)10-17-9-5-3-4-6-14(17)16-15/h7-8H,3-6,9-10H2,1-2H3. The highest BCUT2D eigenvalue weighted by Crippen LogP contribution is 2.34. The number of aliphatic imine (C=N–C) groups is 1. The molecule has 0 aliphatic carbocycles. The third-order valence-corrected chi connectivity index (χ3v) is 4.00. The molecule has 1 saturated heterocycles.